The Hall–Kier alpha value is -0.120. The Morgan fingerprint density at radius 2 is 1.12 bits per heavy atom. The minimum atomic E-state index is -0.727. The van der Waals surface area contributed by atoms with E-state index in [1.54, 1.807) is 0 Å². The van der Waals surface area contributed by atoms with Gasteiger partial charge in [0.1, 0.15) is 6.10 Å². The van der Waals surface area contributed by atoms with Crippen LogP contribution in [-0.2, 0) is 4.74 Å². The molecule has 0 aliphatic heterocycles. The second-order valence-electron chi connectivity index (χ2n) is 7.19. The van der Waals surface area contributed by atoms with Crippen LogP contribution in [0.25, 0.3) is 0 Å². The molecule has 146 valence electrons. The van der Waals surface area contributed by atoms with Gasteiger partial charge in [-0.2, -0.15) is 0 Å². The maximum absolute atomic E-state index is 9.92. The number of hydrogen-bond donors (Lipinski definition) is 2. The van der Waals surface area contributed by atoms with E-state index in [-0.39, 0.29) is 12.7 Å². The van der Waals surface area contributed by atoms with Gasteiger partial charge in [0, 0.05) is 6.61 Å². The summed E-state index contributed by atoms with van der Waals surface area (Å²) in [4.78, 5) is 0. The van der Waals surface area contributed by atoms with Crippen molar-refractivity contribution in [1.82, 2.24) is 0 Å². The largest absolute Gasteiger partial charge is 0.394 e. The first kappa shape index (κ1) is 23.9. The molecule has 0 amide bonds. The van der Waals surface area contributed by atoms with E-state index < -0.39 is 6.10 Å². The number of ether oxygens (including phenoxy) is 1. The van der Waals surface area contributed by atoms with E-state index in [1.165, 1.54) is 77.0 Å². The van der Waals surface area contributed by atoms with E-state index in [4.69, 9.17) is 4.74 Å². The standard InChI is InChI=1S/C21H44O3/c1-3-5-7-9-11-13-15-17-21(20(23)19-22)24-18-16-14-12-10-8-6-4-2/h20-23H,3-19H2,1-2H3. The van der Waals surface area contributed by atoms with Crippen molar-refractivity contribution < 1.29 is 14.9 Å². The molecular formula is C21H44O3. The highest BCUT2D eigenvalue weighted by Gasteiger charge is 2.18. The molecule has 0 radical (unpaired) electrons. The summed E-state index contributed by atoms with van der Waals surface area (Å²) in [6.07, 6.45) is 17.7. The third-order valence-electron chi connectivity index (χ3n) is 4.79. The Morgan fingerprint density at radius 1 is 0.667 bits per heavy atom. The predicted octanol–water partition coefficient (Wildman–Crippen LogP) is 5.62. The molecular weight excluding hydrogens is 300 g/mol. The third kappa shape index (κ3) is 15.4. The highest BCUT2D eigenvalue weighted by Crippen LogP contribution is 2.14. The second-order valence-corrected chi connectivity index (χ2v) is 7.19. The average molecular weight is 345 g/mol. The van der Waals surface area contributed by atoms with Crippen molar-refractivity contribution in [3.8, 4) is 0 Å². The van der Waals surface area contributed by atoms with Crippen LogP contribution < -0.4 is 0 Å². The summed E-state index contributed by atoms with van der Waals surface area (Å²) in [5, 5.41) is 19.1. The quantitative estimate of drug-likeness (QED) is 0.299. The second kappa shape index (κ2) is 19.2. The molecule has 0 rings (SSSR count). The number of aliphatic hydroxyl groups excluding tert-OH is 2. The van der Waals surface area contributed by atoms with Gasteiger partial charge in [0.15, 0.2) is 0 Å². The van der Waals surface area contributed by atoms with Gasteiger partial charge in [0.2, 0.25) is 0 Å². The number of aliphatic hydroxyl groups is 2. The first-order valence-corrected chi connectivity index (χ1v) is 10.7. The van der Waals surface area contributed by atoms with Crippen LogP contribution in [0.1, 0.15) is 110 Å². The average Bonchev–Trinajstić information content (AvgIpc) is 2.60. The smallest absolute Gasteiger partial charge is 0.103 e. The maximum atomic E-state index is 9.92. The van der Waals surface area contributed by atoms with E-state index in [9.17, 15) is 10.2 Å². The Kier molecular flexibility index (Phi) is 19.1. The Bertz CT molecular complexity index is 233. The van der Waals surface area contributed by atoms with Gasteiger partial charge in [0.25, 0.3) is 0 Å². The predicted molar refractivity (Wildman–Crippen MR) is 103 cm³/mol. The first-order valence-electron chi connectivity index (χ1n) is 10.7. The molecule has 2 N–H and O–H groups in total. The van der Waals surface area contributed by atoms with Gasteiger partial charge >= 0.3 is 0 Å². The van der Waals surface area contributed by atoms with E-state index >= 15 is 0 Å². The summed E-state index contributed by atoms with van der Waals surface area (Å²) in [6, 6.07) is 0. The van der Waals surface area contributed by atoms with Crippen LogP contribution in [-0.4, -0.2) is 35.6 Å². The molecule has 0 fully saturated rings. The van der Waals surface area contributed by atoms with E-state index in [0.717, 1.165) is 19.3 Å². The molecule has 0 saturated carbocycles. The Balaban J connectivity index is 3.63. The molecule has 0 aliphatic carbocycles. The molecule has 0 aromatic carbocycles. The van der Waals surface area contributed by atoms with E-state index in [2.05, 4.69) is 13.8 Å². The number of unbranched alkanes of at least 4 members (excludes halogenated alkanes) is 12. The van der Waals surface area contributed by atoms with Crippen molar-refractivity contribution in [2.45, 2.75) is 122 Å². The van der Waals surface area contributed by atoms with Crippen LogP contribution >= 0.6 is 0 Å². The Morgan fingerprint density at radius 3 is 1.62 bits per heavy atom. The highest BCUT2D eigenvalue weighted by atomic mass is 16.5. The van der Waals surface area contributed by atoms with Gasteiger partial charge in [-0.15, -0.1) is 0 Å². The van der Waals surface area contributed by atoms with Gasteiger partial charge < -0.3 is 14.9 Å². The first-order chi connectivity index (χ1) is 11.8. The molecule has 0 bridgehead atoms. The van der Waals surface area contributed by atoms with Crippen LogP contribution in [0, 0.1) is 0 Å². The van der Waals surface area contributed by atoms with E-state index in [1.807, 2.05) is 0 Å². The molecule has 0 spiro atoms. The van der Waals surface area contributed by atoms with Crippen LogP contribution in [0.15, 0.2) is 0 Å². The van der Waals surface area contributed by atoms with Crippen molar-refractivity contribution in [3.63, 3.8) is 0 Å². The number of hydrogen-bond acceptors (Lipinski definition) is 3. The highest BCUT2D eigenvalue weighted by molar-refractivity contribution is 4.68. The van der Waals surface area contributed by atoms with Crippen LogP contribution in [0.3, 0.4) is 0 Å². The molecule has 2 unspecified atom stereocenters. The summed E-state index contributed by atoms with van der Waals surface area (Å²) in [5.74, 6) is 0. The maximum Gasteiger partial charge on any atom is 0.103 e. The van der Waals surface area contributed by atoms with Crippen molar-refractivity contribution in [1.29, 1.82) is 0 Å². The van der Waals surface area contributed by atoms with Crippen LogP contribution in [0.2, 0.25) is 0 Å². The monoisotopic (exact) mass is 344 g/mol. The van der Waals surface area contributed by atoms with Gasteiger partial charge in [0.05, 0.1) is 12.7 Å². The van der Waals surface area contributed by atoms with Gasteiger partial charge in [-0.25, -0.2) is 0 Å². The van der Waals surface area contributed by atoms with Crippen molar-refractivity contribution in [2.24, 2.45) is 0 Å². The molecule has 0 saturated heterocycles. The summed E-state index contributed by atoms with van der Waals surface area (Å²) < 4.78 is 5.86. The van der Waals surface area contributed by atoms with Crippen molar-refractivity contribution in [2.75, 3.05) is 13.2 Å². The van der Waals surface area contributed by atoms with E-state index in [0.29, 0.717) is 6.61 Å². The molecule has 0 heterocycles. The normalized spacial score (nSPS) is 14.0. The summed E-state index contributed by atoms with van der Waals surface area (Å²) in [6.45, 7) is 5.00. The van der Waals surface area contributed by atoms with Crippen LogP contribution in [0.4, 0.5) is 0 Å². The zero-order valence-electron chi connectivity index (χ0n) is 16.5. The molecule has 0 aromatic rings. The fourth-order valence-corrected chi connectivity index (χ4v) is 3.10. The zero-order chi connectivity index (χ0) is 17.9. The lowest BCUT2D eigenvalue weighted by atomic mass is 10.0. The van der Waals surface area contributed by atoms with Gasteiger partial charge in [-0.05, 0) is 12.8 Å². The fourth-order valence-electron chi connectivity index (χ4n) is 3.10. The van der Waals surface area contributed by atoms with Gasteiger partial charge in [-0.3, -0.25) is 0 Å². The minimum absolute atomic E-state index is 0.189. The molecule has 3 heteroatoms. The summed E-state index contributed by atoms with van der Waals surface area (Å²) >= 11 is 0. The van der Waals surface area contributed by atoms with Crippen LogP contribution in [0.5, 0.6) is 0 Å². The van der Waals surface area contributed by atoms with Crippen molar-refractivity contribution >= 4 is 0 Å². The topological polar surface area (TPSA) is 49.7 Å². The van der Waals surface area contributed by atoms with Crippen molar-refractivity contribution in [3.05, 3.63) is 0 Å². The minimum Gasteiger partial charge on any atom is -0.394 e. The molecule has 2 atom stereocenters. The molecule has 24 heavy (non-hydrogen) atoms. The summed E-state index contributed by atoms with van der Waals surface area (Å²) in [5.41, 5.74) is 0. The number of rotatable bonds is 19. The van der Waals surface area contributed by atoms with Gasteiger partial charge in [-0.1, -0.05) is 97.3 Å². The fraction of sp³-hybridized carbons (Fsp3) is 1.00. The molecule has 3 nitrogen and oxygen atoms in total. The molecule has 0 aromatic heterocycles. The Labute approximate surface area is 151 Å². The summed E-state index contributed by atoms with van der Waals surface area (Å²) in [7, 11) is 0. The lowest BCUT2D eigenvalue weighted by Crippen LogP contribution is -2.32. The lowest BCUT2D eigenvalue weighted by Gasteiger charge is -2.22. The molecule has 0 aliphatic rings. The zero-order valence-corrected chi connectivity index (χ0v) is 16.5. The SMILES string of the molecule is CCCCCCCCCOC(CCCCCCCCC)C(O)CO. The third-order valence-corrected chi connectivity index (χ3v) is 4.79. The lowest BCUT2D eigenvalue weighted by molar-refractivity contribution is -0.0629.